The molecule has 0 aliphatic carbocycles. The SMILES string of the molecule is NC(=O)[C@@H](Cc1ccccc1Br)NC(=O)Cc1c(F)cccc1F. The first-order valence-corrected chi connectivity index (χ1v) is 7.92. The number of nitrogens with one attached hydrogen (secondary N) is 1. The van der Waals surface area contributed by atoms with Gasteiger partial charge in [-0.3, -0.25) is 9.59 Å². The Morgan fingerprint density at radius 2 is 1.71 bits per heavy atom. The Kier molecular flexibility index (Phi) is 6.03. The third kappa shape index (κ3) is 4.61. The molecule has 3 N–H and O–H groups in total. The van der Waals surface area contributed by atoms with Crippen LogP contribution in [0.3, 0.4) is 0 Å². The fourth-order valence-corrected chi connectivity index (χ4v) is 2.66. The topological polar surface area (TPSA) is 72.2 Å². The van der Waals surface area contributed by atoms with Gasteiger partial charge in [0.15, 0.2) is 0 Å². The van der Waals surface area contributed by atoms with Gasteiger partial charge in [0, 0.05) is 16.5 Å². The zero-order valence-electron chi connectivity index (χ0n) is 12.6. The molecule has 0 saturated heterocycles. The highest BCUT2D eigenvalue weighted by molar-refractivity contribution is 9.10. The van der Waals surface area contributed by atoms with Gasteiger partial charge in [-0.25, -0.2) is 8.78 Å². The standard InChI is InChI=1S/C17H15BrF2N2O2/c18-12-5-2-1-4-10(12)8-15(17(21)24)22-16(23)9-11-13(19)6-3-7-14(11)20/h1-7,15H,8-9H2,(H2,21,24)(H,22,23)/t15-/m1/s1. The molecule has 2 rings (SSSR count). The van der Waals surface area contributed by atoms with Crippen LogP contribution in [-0.2, 0) is 22.4 Å². The molecule has 4 nitrogen and oxygen atoms in total. The van der Waals surface area contributed by atoms with Gasteiger partial charge >= 0.3 is 0 Å². The van der Waals surface area contributed by atoms with Crippen LogP contribution in [0.4, 0.5) is 8.78 Å². The van der Waals surface area contributed by atoms with Crippen molar-refractivity contribution in [2.45, 2.75) is 18.9 Å². The number of carbonyl (C=O) groups is 2. The van der Waals surface area contributed by atoms with Crippen molar-refractivity contribution in [1.29, 1.82) is 0 Å². The molecule has 0 bridgehead atoms. The predicted octanol–water partition coefficient (Wildman–Crippen LogP) is 2.48. The van der Waals surface area contributed by atoms with E-state index in [4.69, 9.17) is 5.73 Å². The molecular weight excluding hydrogens is 382 g/mol. The van der Waals surface area contributed by atoms with Crippen LogP contribution in [-0.4, -0.2) is 17.9 Å². The average Bonchev–Trinajstić information content (AvgIpc) is 2.52. The minimum atomic E-state index is -0.981. The lowest BCUT2D eigenvalue weighted by Crippen LogP contribution is -2.46. The molecule has 0 radical (unpaired) electrons. The van der Waals surface area contributed by atoms with E-state index in [1.807, 2.05) is 6.07 Å². The van der Waals surface area contributed by atoms with Crippen molar-refractivity contribution >= 4 is 27.7 Å². The summed E-state index contributed by atoms with van der Waals surface area (Å²) in [5, 5.41) is 2.43. The number of halogens is 3. The molecule has 0 aliphatic rings. The van der Waals surface area contributed by atoms with Gasteiger partial charge in [0.05, 0.1) is 6.42 Å². The van der Waals surface area contributed by atoms with Crippen molar-refractivity contribution in [2.75, 3.05) is 0 Å². The van der Waals surface area contributed by atoms with E-state index >= 15 is 0 Å². The molecule has 0 saturated carbocycles. The van der Waals surface area contributed by atoms with E-state index in [0.717, 1.165) is 22.2 Å². The molecule has 7 heteroatoms. The zero-order valence-corrected chi connectivity index (χ0v) is 14.1. The van der Waals surface area contributed by atoms with Crippen LogP contribution in [0.15, 0.2) is 46.9 Å². The van der Waals surface area contributed by atoms with E-state index in [2.05, 4.69) is 21.2 Å². The molecule has 2 aromatic rings. The largest absolute Gasteiger partial charge is 0.368 e. The summed E-state index contributed by atoms with van der Waals surface area (Å²) in [5.74, 6) is -3.04. The van der Waals surface area contributed by atoms with Gasteiger partial charge in [-0.15, -0.1) is 0 Å². The summed E-state index contributed by atoms with van der Waals surface area (Å²) < 4.78 is 27.9. The molecule has 0 heterocycles. The van der Waals surface area contributed by atoms with Crippen molar-refractivity contribution in [3.05, 3.63) is 69.7 Å². The molecule has 0 aliphatic heterocycles. The smallest absolute Gasteiger partial charge is 0.240 e. The highest BCUT2D eigenvalue weighted by atomic mass is 79.9. The van der Waals surface area contributed by atoms with Crippen LogP contribution in [0.25, 0.3) is 0 Å². The van der Waals surface area contributed by atoms with Gasteiger partial charge in [-0.05, 0) is 23.8 Å². The summed E-state index contributed by atoms with van der Waals surface area (Å²) in [7, 11) is 0. The monoisotopic (exact) mass is 396 g/mol. The summed E-state index contributed by atoms with van der Waals surface area (Å²) in [5.41, 5.74) is 5.75. The Morgan fingerprint density at radius 1 is 1.08 bits per heavy atom. The Balaban J connectivity index is 2.09. The second-order valence-electron chi connectivity index (χ2n) is 5.19. The normalized spacial score (nSPS) is 11.8. The second-order valence-corrected chi connectivity index (χ2v) is 6.05. The fraction of sp³-hybridized carbons (Fsp3) is 0.176. The van der Waals surface area contributed by atoms with Crippen LogP contribution in [0.2, 0.25) is 0 Å². The summed E-state index contributed by atoms with van der Waals surface area (Å²) in [4.78, 5) is 23.6. The summed E-state index contributed by atoms with van der Waals surface area (Å²) in [6, 6.07) is 9.54. The van der Waals surface area contributed by atoms with Crippen molar-refractivity contribution in [1.82, 2.24) is 5.32 Å². The molecule has 2 amide bonds. The van der Waals surface area contributed by atoms with Crippen LogP contribution in [0.5, 0.6) is 0 Å². The molecule has 0 unspecified atom stereocenters. The van der Waals surface area contributed by atoms with Crippen LogP contribution in [0.1, 0.15) is 11.1 Å². The first-order valence-electron chi connectivity index (χ1n) is 7.13. The maximum absolute atomic E-state index is 13.6. The lowest BCUT2D eigenvalue weighted by atomic mass is 10.0. The third-order valence-electron chi connectivity index (χ3n) is 3.46. The summed E-state index contributed by atoms with van der Waals surface area (Å²) in [6.07, 6.45) is -0.347. The lowest BCUT2D eigenvalue weighted by molar-refractivity contribution is -0.127. The zero-order chi connectivity index (χ0) is 17.7. The number of rotatable bonds is 6. The number of nitrogens with two attached hydrogens (primary N) is 1. The lowest BCUT2D eigenvalue weighted by Gasteiger charge is -2.16. The van der Waals surface area contributed by atoms with E-state index in [0.29, 0.717) is 0 Å². The van der Waals surface area contributed by atoms with E-state index in [1.54, 1.807) is 18.2 Å². The Bertz CT molecular complexity index is 748. The van der Waals surface area contributed by atoms with Gasteiger partial charge in [-0.1, -0.05) is 40.2 Å². The van der Waals surface area contributed by atoms with Crippen molar-refractivity contribution in [3.63, 3.8) is 0 Å². The number of hydrogen-bond donors (Lipinski definition) is 2. The average molecular weight is 397 g/mol. The predicted molar refractivity (Wildman–Crippen MR) is 89.0 cm³/mol. The van der Waals surface area contributed by atoms with Gasteiger partial charge in [0.2, 0.25) is 11.8 Å². The van der Waals surface area contributed by atoms with Gasteiger partial charge < -0.3 is 11.1 Å². The van der Waals surface area contributed by atoms with Crippen LogP contribution >= 0.6 is 15.9 Å². The number of hydrogen-bond acceptors (Lipinski definition) is 2. The molecule has 1 atom stereocenters. The number of benzene rings is 2. The maximum Gasteiger partial charge on any atom is 0.240 e. The molecule has 0 spiro atoms. The highest BCUT2D eigenvalue weighted by Gasteiger charge is 2.21. The van der Waals surface area contributed by atoms with Crippen molar-refractivity contribution in [3.8, 4) is 0 Å². The molecule has 0 aromatic heterocycles. The Labute approximate surface area is 146 Å². The van der Waals surface area contributed by atoms with Crippen molar-refractivity contribution < 1.29 is 18.4 Å². The van der Waals surface area contributed by atoms with E-state index in [1.165, 1.54) is 6.07 Å². The second kappa shape index (κ2) is 8.01. The fourth-order valence-electron chi connectivity index (χ4n) is 2.21. The first-order chi connectivity index (χ1) is 11.4. The summed E-state index contributed by atoms with van der Waals surface area (Å²) >= 11 is 3.35. The Hall–Kier alpha value is -2.28. The van der Waals surface area contributed by atoms with Gasteiger partial charge in [-0.2, -0.15) is 0 Å². The minimum absolute atomic E-state index is 0.169. The quantitative estimate of drug-likeness (QED) is 0.786. The molecule has 126 valence electrons. The van der Waals surface area contributed by atoms with Crippen LogP contribution in [0, 0.1) is 11.6 Å². The molecule has 0 fully saturated rings. The third-order valence-corrected chi connectivity index (χ3v) is 4.23. The number of carbonyl (C=O) groups excluding carboxylic acids is 2. The van der Waals surface area contributed by atoms with E-state index in [-0.39, 0.29) is 12.0 Å². The molecular formula is C17H15BrF2N2O2. The molecule has 24 heavy (non-hydrogen) atoms. The first kappa shape index (κ1) is 18.1. The highest BCUT2D eigenvalue weighted by Crippen LogP contribution is 2.18. The van der Waals surface area contributed by atoms with Gasteiger partial charge in [0.25, 0.3) is 0 Å². The van der Waals surface area contributed by atoms with Crippen LogP contribution < -0.4 is 11.1 Å². The molecule has 2 aromatic carbocycles. The number of amides is 2. The van der Waals surface area contributed by atoms with E-state index in [9.17, 15) is 18.4 Å². The van der Waals surface area contributed by atoms with Crippen molar-refractivity contribution in [2.24, 2.45) is 5.73 Å². The van der Waals surface area contributed by atoms with E-state index < -0.39 is 35.9 Å². The van der Waals surface area contributed by atoms with Gasteiger partial charge in [0.1, 0.15) is 17.7 Å². The minimum Gasteiger partial charge on any atom is -0.368 e. The summed E-state index contributed by atoms with van der Waals surface area (Å²) in [6.45, 7) is 0. The Morgan fingerprint density at radius 3 is 2.29 bits per heavy atom. The maximum atomic E-state index is 13.6. The number of primary amides is 1.